The highest BCUT2D eigenvalue weighted by molar-refractivity contribution is 6.22. The molecule has 15 rings (SSSR count). The molecule has 0 amide bonds. The molecule has 0 saturated heterocycles. The minimum Gasteiger partial charge on any atom is -0.345 e. The summed E-state index contributed by atoms with van der Waals surface area (Å²) in [6, 6.07) is 101. The van der Waals surface area contributed by atoms with Crippen LogP contribution in [0.1, 0.15) is 18.9 Å². The number of rotatable bonds is 9. The van der Waals surface area contributed by atoms with Crippen molar-refractivity contribution in [2.24, 2.45) is 0 Å². The van der Waals surface area contributed by atoms with Crippen molar-refractivity contribution in [1.29, 1.82) is 0 Å². The van der Waals surface area contributed by atoms with Gasteiger partial charge in [0, 0.05) is 75.2 Å². The molecule has 81 heavy (non-hydrogen) atoms. The van der Waals surface area contributed by atoms with E-state index in [1.165, 1.54) is 116 Å². The first kappa shape index (κ1) is 49.2. The van der Waals surface area contributed by atoms with Gasteiger partial charge in [-0.25, -0.2) is 0 Å². The molecule has 0 fully saturated rings. The number of benzene rings is 12. The van der Waals surface area contributed by atoms with E-state index in [0.29, 0.717) is 0 Å². The molecule has 0 bridgehead atoms. The van der Waals surface area contributed by atoms with Gasteiger partial charge in [0.15, 0.2) is 0 Å². The number of anilines is 3. The van der Waals surface area contributed by atoms with E-state index in [2.05, 4.69) is 337 Å². The zero-order valence-electron chi connectivity index (χ0n) is 45.8. The number of para-hydroxylation sites is 2. The van der Waals surface area contributed by atoms with Crippen molar-refractivity contribution >= 4 is 82.2 Å². The van der Waals surface area contributed by atoms with Gasteiger partial charge >= 0.3 is 0 Å². The molecule has 2 aromatic heterocycles. The van der Waals surface area contributed by atoms with E-state index in [0.717, 1.165) is 17.8 Å². The SMILES string of the molecule is CN(C1=CCC(C)(c2ccc3c4cc5ccccc5cc4n(-c4cccc(-c5ccccc5)c4)c3c2)C=C1)c1ccccc1.CN(c1ccccc1)c1ccc2c3c4ccccc4ccc3n(-c3cccc(-c4ccccc4)c3)c2c1. The van der Waals surface area contributed by atoms with Gasteiger partial charge < -0.3 is 18.9 Å². The summed E-state index contributed by atoms with van der Waals surface area (Å²) in [6.07, 6.45) is 7.99. The molecule has 1 atom stereocenters. The first-order valence-corrected chi connectivity index (χ1v) is 28.1. The normalized spacial score (nSPS) is 14.1. The van der Waals surface area contributed by atoms with E-state index in [9.17, 15) is 0 Å². The van der Waals surface area contributed by atoms with Crippen LogP contribution in [0.5, 0.6) is 0 Å². The molecule has 1 aliphatic rings. The number of aromatic nitrogens is 2. The summed E-state index contributed by atoms with van der Waals surface area (Å²) in [7, 11) is 4.28. The average Bonchev–Trinajstić information content (AvgIpc) is 4.24. The molecular weight excluding hydrogens is 981 g/mol. The summed E-state index contributed by atoms with van der Waals surface area (Å²) < 4.78 is 4.89. The van der Waals surface area contributed by atoms with E-state index < -0.39 is 0 Å². The smallest absolute Gasteiger partial charge is 0.0562 e. The second-order valence-electron chi connectivity index (χ2n) is 21.7. The van der Waals surface area contributed by atoms with E-state index in [-0.39, 0.29) is 5.41 Å². The molecule has 0 aliphatic heterocycles. The third kappa shape index (κ3) is 9.01. The lowest BCUT2D eigenvalue weighted by atomic mass is 9.76. The predicted molar refractivity (Wildman–Crippen MR) is 346 cm³/mol. The highest BCUT2D eigenvalue weighted by Gasteiger charge is 2.28. The van der Waals surface area contributed by atoms with E-state index >= 15 is 0 Å². The van der Waals surface area contributed by atoms with Crippen LogP contribution in [0.15, 0.2) is 303 Å². The molecule has 14 aromatic rings. The molecule has 0 radical (unpaired) electrons. The molecule has 0 spiro atoms. The molecule has 1 aliphatic carbocycles. The van der Waals surface area contributed by atoms with Gasteiger partial charge in [-0.1, -0.05) is 213 Å². The van der Waals surface area contributed by atoms with Crippen LogP contribution in [-0.4, -0.2) is 23.2 Å². The van der Waals surface area contributed by atoms with Crippen LogP contribution in [0.3, 0.4) is 0 Å². The van der Waals surface area contributed by atoms with Crippen molar-refractivity contribution in [3.63, 3.8) is 0 Å². The van der Waals surface area contributed by atoms with Crippen molar-refractivity contribution in [2.75, 3.05) is 23.9 Å². The molecule has 4 nitrogen and oxygen atoms in total. The molecular formula is C77H60N4. The van der Waals surface area contributed by atoms with Gasteiger partial charge in [-0.2, -0.15) is 0 Å². The summed E-state index contributed by atoms with van der Waals surface area (Å²) in [5.74, 6) is 0. The fourth-order valence-electron chi connectivity index (χ4n) is 12.3. The molecule has 12 aromatic carbocycles. The van der Waals surface area contributed by atoms with Crippen LogP contribution in [0.4, 0.5) is 17.1 Å². The lowest BCUT2D eigenvalue weighted by Crippen LogP contribution is -2.24. The summed E-state index contributed by atoms with van der Waals surface area (Å²) in [4.78, 5) is 4.52. The second kappa shape index (κ2) is 20.6. The van der Waals surface area contributed by atoms with Crippen LogP contribution < -0.4 is 9.80 Å². The summed E-state index contributed by atoms with van der Waals surface area (Å²) in [6.45, 7) is 2.36. The minimum atomic E-state index is -0.104. The lowest BCUT2D eigenvalue weighted by Gasteiger charge is -2.31. The Balaban J connectivity index is 0.000000148. The topological polar surface area (TPSA) is 16.3 Å². The third-order valence-corrected chi connectivity index (χ3v) is 16.8. The van der Waals surface area contributed by atoms with Crippen LogP contribution in [-0.2, 0) is 5.41 Å². The fourth-order valence-corrected chi connectivity index (χ4v) is 12.3. The van der Waals surface area contributed by atoms with Gasteiger partial charge in [0.1, 0.15) is 0 Å². The molecule has 2 heterocycles. The van der Waals surface area contributed by atoms with Crippen LogP contribution in [0, 0.1) is 0 Å². The number of nitrogens with zero attached hydrogens (tertiary/aromatic N) is 4. The molecule has 0 saturated carbocycles. The fraction of sp³-hybridized carbons (Fsp3) is 0.0649. The minimum absolute atomic E-state index is 0.104. The standard InChI is InChI=1S/C42H34N2.C35H26N2/c1-42(24-22-36(23-25-42)43(2)35-17-7-4-8-18-35)34-20-21-38-39-27-32-14-9-10-15-33(32)28-40(39)44(41(38)29-34)37-19-11-16-31(26-37)30-12-5-3-6-13-30;1-36(28-15-6-3-7-16-28)29-20-21-32-34(24-29)37(33-22-19-26-13-8-9-18-31(26)35(32)33)30-17-10-14-27(23-30)25-11-4-2-5-12-25/h3-24,26-29H,25H2,1-2H3;2-24H,1H3. The first-order valence-electron chi connectivity index (χ1n) is 28.1. The van der Waals surface area contributed by atoms with E-state index in [1.807, 2.05) is 0 Å². The summed E-state index contributed by atoms with van der Waals surface area (Å²) >= 11 is 0. The summed E-state index contributed by atoms with van der Waals surface area (Å²) in [5, 5.41) is 10.2. The maximum Gasteiger partial charge on any atom is 0.0562 e. The van der Waals surface area contributed by atoms with Crippen LogP contribution in [0.25, 0.3) is 98.8 Å². The van der Waals surface area contributed by atoms with Gasteiger partial charge in [-0.15, -0.1) is 0 Å². The largest absolute Gasteiger partial charge is 0.345 e. The number of hydrogen-bond acceptors (Lipinski definition) is 2. The molecule has 0 N–H and O–H groups in total. The third-order valence-electron chi connectivity index (χ3n) is 16.8. The van der Waals surface area contributed by atoms with Crippen molar-refractivity contribution in [3.8, 4) is 33.6 Å². The Morgan fingerprint density at radius 3 is 1.49 bits per heavy atom. The van der Waals surface area contributed by atoms with Gasteiger partial charge in [-0.05, 0) is 147 Å². The van der Waals surface area contributed by atoms with Crippen LogP contribution in [0.2, 0.25) is 0 Å². The quantitative estimate of drug-likeness (QED) is 0.143. The van der Waals surface area contributed by atoms with E-state index in [1.54, 1.807) is 0 Å². The highest BCUT2D eigenvalue weighted by atomic mass is 15.1. The highest BCUT2D eigenvalue weighted by Crippen LogP contribution is 2.43. The van der Waals surface area contributed by atoms with Gasteiger partial charge in [0.05, 0.1) is 22.1 Å². The van der Waals surface area contributed by atoms with Crippen LogP contribution >= 0.6 is 0 Å². The Morgan fingerprint density at radius 2 is 0.864 bits per heavy atom. The predicted octanol–water partition coefficient (Wildman–Crippen LogP) is 20.2. The number of hydrogen-bond donors (Lipinski definition) is 0. The van der Waals surface area contributed by atoms with Gasteiger partial charge in [0.25, 0.3) is 0 Å². The Bertz CT molecular complexity index is 4700. The van der Waals surface area contributed by atoms with Gasteiger partial charge in [-0.3, -0.25) is 0 Å². The van der Waals surface area contributed by atoms with Crippen molar-refractivity contribution in [3.05, 3.63) is 309 Å². The number of fused-ring (bicyclic) bond motifs is 9. The Kier molecular flexibility index (Phi) is 12.5. The Labute approximate surface area is 473 Å². The van der Waals surface area contributed by atoms with Gasteiger partial charge in [0.2, 0.25) is 0 Å². The zero-order chi connectivity index (χ0) is 54.4. The van der Waals surface area contributed by atoms with Crippen molar-refractivity contribution in [1.82, 2.24) is 9.13 Å². The maximum absolute atomic E-state index is 2.47. The first-order chi connectivity index (χ1) is 39.8. The Hall–Kier alpha value is -10.2. The molecule has 1 unspecified atom stereocenters. The zero-order valence-corrected chi connectivity index (χ0v) is 45.8. The molecule has 388 valence electrons. The molecule has 4 heteroatoms. The van der Waals surface area contributed by atoms with Crippen molar-refractivity contribution in [2.45, 2.75) is 18.8 Å². The second-order valence-corrected chi connectivity index (χ2v) is 21.7. The number of allylic oxidation sites excluding steroid dienone is 3. The Morgan fingerprint density at radius 1 is 0.346 bits per heavy atom. The maximum atomic E-state index is 2.47. The number of likely N-dealkylation sites (N-methyl/N-ethyl adjacent to an activating group) is 1. The van der Waals surface area contributed by atoms with Crippen molar-refractivity contribution < 1.29 is 0 Å². The average molecular weight is 1040 g/mol. The van der Waals surface area contributed by atoms with E-state index in [4.69, 9.17) is 0 Å². The summed E-state index contributed by atoms with van der Waals surface area (Å²) in [5.41, 5.74) is 18.1. The monoisotopic (exact) mass is 1040 g/mol. The lowest BCUT2D eigenvalue weighted by molar-refractivity contribution is 0.595.